The molecular weight excluding hydrogens is 370 g/mol. The first-order valence-electron chi connectivity index (χ1n) is 8.91. The standard InChI is InChI=1S/C22H21N3O4/c1-27-17-9-7-8-16(14-17)18-15-19(25-24-18)22(26)23-12-5-6-13-29-21-11-4-3-10-20(21)28-2/h3-4,7-11,14-15H,12-13H2,1-2H3,(H,23,26)(H,24,25). The minimum atomic E-state index is -0.286. The Hall–Kier alpha value is -3.92. The van der Waals surface area contributed by atoms with Crippen molar-refractivity contribution in [2.45, 2.75) is 0 Å². The van der Waals surface area contributed by atoms with Crippen LogP contribution in [0.25, 0.3) is 11.3 Å². The second kappa shape index (κ2) is 9.85. The number of nitrogens with one attached hydrogen (secondary N) is 2. The first-order valence-corrected chi connectivity index (χ1v) is 8.91. The van der Waals surface area contributed by atoms with Crippen molar-refractivity contribution >= 4 is 5.91 Å². The predicted molar refractivity (Wildman–Crippen MR) is 109 cm³/mol. The normalized spacial score (nSPS) is 9.86. The van der Waals surface area contributed by atoms with Crippen LogP contribution >= 0.6 is 0 Å². The molecule has 0 aliphatic heterocycles. The van der Waals surface area contributed by atoms with Gasteiger partial charge in [-0.15, -0.1) is 0 Å². The fraction of sp³-hybridized carbons (Fsp3) is 0.182. The number of amides is 1. The summed E-state index contributed by atoms with van der Waals surface area (Å²) in [6.45, 7) is 0.391. The van der Waals surface area contributed by atoms with Crippen LogP contribution in [0.4, 0.5) is 0 Å². The van der Waals surface area contributed by atoms with Gasteiger partial charge in [0.25, 0.3) is 5.91 Å². The van der Waals surface area contributed by atoms with Crippen LogP contribution in [0.5, 0.6) is 17.2 Å². The van der Waals surface area contributed by atoms with Gasteiger partial charge in [-0.2, -0.15) is 5.10 Å². The molecule has 0 atom stereocenters. The van der Waals surface area contributed by atoms with Crippen LogP contribution in [-0.2, 0) is 0 Å². The van der Waals surface area contributed by atoms with Crippen LogP contribution in [0.15, 0.2) is 54.6 Å². The lowest BCUT2D eigenvalue weighted by molar-refractivity contribution is 0.0953. The molecule has 29 heavy (non-hydrogen) atoms. The summed E-state index contributed by atoms with van der Waals surface area (Å²) in [5.74, 6) is 7.41. The van der Waals surface area contributed by atoms with Crippen LogP contribution in [0.2, 0.25) is 0 Å². The Kier molecular flexibility index (Phi) is 6.74. The largest absolute Gasteiger partial charge is 0.497 e. The highest BCUT2D eigenvalue weighted by Gasteiger charge is 2.10. The van der Waals surface area contributed by atoms with E-state index >= 15 is 0 Å². The van der Waals surface area contributed by atoms with Gasteiger partial charge in [0.05, 0.1) is 26.5 Å². The number of aromatic nitrogens is 2. The molecule has 0 saturated carbocycles. The van der Waals surface area contributed by atoms with E-state index in [0.29, 0.717) is 22.9 Å². The molecule has 1 heterocycles. The molecule has 148 valence electrons. The van der Waals surface area contributed by atoms with Crippen molar-refractivity contribution in [3.63, 3.8) is 0 Å². The molecule has 0 aliphatic carbocycles. The van der Waals surface area contributed by atoms with Gasteiger partial charge in [-0.05, 0) is 30.3 Å². The van der Waals surface area contributed by atoms with Crippen LogP contribution in [0.3, 0.4) is 0 Å². The van der Waals surface area contributed by atoms with Crippen molar-refractivity contribution in [3.8, 4) is 40.3 Å². The minimum Gasteiger partial charge on any atom is -0.497 e. The number of methoxy groups -OCH3 is 2. The van der Waals surface area contributed by atoms with Crippen LogP contribution < -0.4 is 19.5 Å². The smallest absolute Gasteiger partial charge is 0.270 e. The van der Waals surface area contributed by atoms with Gasteiger partial charge >= 0.3 is 0 Å². The second-order valence-corrected chi connectivity index (χ2v) is 5.87. The molecule has 2 N–H and O–H groups in total. The SMILES string of the molecule is COc1cccc(-c2cc(C(=O)NCC#CCOc3ccccc3OC)[nH]n2)c1. The van der Waals surface area contributed by atoms with E-state index in [4.69, 9.17) is 14.2 Å². The van der Waals surface area contributed by atoms with Crippen molar-refractivity contribution in [1.82, 2.24) is 15.5 Å². The second-order valence-electron chi connectivity index (χ2n) is 5.87. The average molecular weight is 391 g/mol. The molecule has 7 nitrogen and oxygen atoms in total. The molecule has 0 fully saturated rings. The molecule has 2 aromatic carbocycles. The zero-order valence-corrected chi connectivity index (χ0v) is 16.2. The first kappa shape index (κ1) is 19.8. The molecule has 1 amide bonds. The van der Waals surface area contributed by atoms with Gasteiger partial charge in [0, 0.05) is 5.56 Å². The van der Waals surface area contributed by atoms with E-state index in [2.05, 4.69) is 27.4 Å². The Morgan fingerprint density at radius 1 is 1.03 bits per heavy atom. The van der Waals surface area contributed by atoms with Gasteiger partial charge in [-0.3, -0.25) is 9.89 Å². The molecule has 3 rings (SSSR count). The Morgan fingerprint density at radius 3 is 2.66 bits per heavy atom. The van der Waals surface area contributed by atoms with Gasteiger partial charge in [0.1, 0.15) is 18.1 Å². The molecule has 0 aliphatic rings. The topological polar surface area (TPSA) is 85.5 Å². The van der Waals surface area contributed by atoms with E-state index in [1.54, 1.807) is 26.4 Å². The first-order chi connectivity index (χ1) is 14.2. The summed E-state index contributed by atoms with van der Waals surface area (Å²) in [5, 5.41) is 9.64. The monoisotopic (exact) mass is 391 g/mol. The van der Waals surface area contributed by atoms with E-state index in [0.717, 1.165) is 11.3 Å². The fourth-order valence-corrected chi connectivity index (χ4v) is 2.55. The number of ether oxygens (including phenoxy) is 3. The van der Waals surface area contributed by atoms with Crippen LogP contribution in [0, 0.1) is 11.8 Å². The summed E-state index contributed by atoms with van der Waals surface area (Å²) in [6, 6.07) is 16.5. The number of hydrogen-bond donors (Lipinski definition) is 2. The summed E-state index contributed by atoms with van der Waals surface area (Å²) in [5.41, 5.74) is 1.87. The number of hydrogen-bond acceptors (Lipinski definition) is 5. The highest BCUT2D eigenvalue weighted by atomic mass is 16.5. The fourth-order valence-electron chi connectivity index (χ4n) is 2.55. The molecule has 0 bridgehead atoms. The zero-order valence-electron chi connectivity index (χ0n) is 16.2. The lowest BCUT2D eigenvalue weighted by Crippen LogP contribution is -2.24. The van der Waals surface area contributed by atoms with Gasteiger partial charge in [0.15, 0.2) is 11.5 Å². The minimum absolute atomic E-state index is 0.195. The summed E-state index contributed by atoms with van der Waals surface area (Å²) in [4.78, 5) is 12.2. The molecule has 0 radical (unpaired) electrons. The lowest BCUT2D eigenvalue weighted by atomic mass is 10.1. The molecular formula is C22H21N3O4. The summed E-state index contributed by atoms with van der Waals surface area (Å²) >= 11 is 0. The van der Waals surface area contributed by atoms with Gasteiger partial charge in [-0.1, -0.05) is 36.1 Å². The molecule has 7 heteroatoms. The molecule has 0 spiro atoms. The average Bonchev–Trinajstić information content (AvgIpc) is 3.27. The molecule has 3 aromatic rings. The van der Waals surface area contributed by atoms with E-state index in [-0.39, 0.29) is 19.1 Å². The number of rotatable bonds is 7. The quantitative estimate of drug-likeness (QED) is 0.605. The number of carbonyl (C=O) groups is 1. The highest BCUT2D eigenvalue weighted by Crippen LogP contribution is 2.25. The number of benzene rings is 2. The summed E-state index contributed by atoms with van der Waals surface area (Å²) in [6.07, 6.45) is 0. The van der Waals surface area contributed by atoms with Crippen molar-refractivity contribution in [2.24, 2.45) is 0 Å². The Bertz CT molecular complexity index is 1030. The maximum absolute atomic E-state index is 12.2. The maximum Gasteiger partial charge on any atom is 0.270 e. The molecule has 1 aromatic heterocycles. The summed E-state index contributed by atoms with van der Waals surface area (Å²) in [7, 11) is 3.18. The van der Waals surface area contributed by atoms with Crippen LogP contribution in [-0.4, -0.2) is 43.5 Å². The van der Waals surface area contributed by atoms with Crippen LogP contribution in [0.1, 0.15) is 10.5 Å². The third-order valence-corrected chi connectivity index (χ3v) is 4.02. The Labute approximate surface area is 169 Å². The Morgan fingerprint density at radius 2 is 1.86 bits per heavy atom. The molecule has 0 saturated heterocycles. The number of aromatic amines is 1. The van der Waals surface area contributed by atoms with Gasteiger partial charge < -0.3 is 19.5 Å². The third kappa shape index (κ3) is 5.30. The third-order valence-electron chi connectivity index (χ3n) is 4.02. The number of carbonyl (C=O) groups excluding carboxylic acids is 1. The number of para-hydroxylation sites is 2. The number of nitrogens with zero attached hydrogens (tertiary/aromatic N) is 1. The van der Waals surface area contributed by atoms with E-state index < -0.39 is 0 Å². The lowest BCUT2D eigenvalue weighted by Gasteiger charge is -2.07. The van der Waals surface area contributed by atoms with Crippen molar-refractivity contribution < 1.29 is 19.0 Å². The van der Waals surface area contributed by atoms with E-state index in [9.17, 15) is 4.79 Å². The predicted octanol–water partition coefficient (Wildman–Crippen LogP) is 2.91. The number of H-pyrrole nitrogens is 1. The van der Waals surface area contributed by atoms with Crippen molar-refractivity contribution in [3.05, 3.63) is 60.3 Å². The van der Waals surface area contributed by atoms with Crippen molar-refractivity contribution in [1.29, 1.82) is 0 Å². The summed E-state index contributed by atoms with van der Waals surface area (Å²) < 4.78 is 16.0. The Balaban J connectivity index is 1.49. The zero-order chi connectivity index (χ0) is 20.5. The van der Waals surface area contributed by atoms with Gasteiger partial charge in [0.2, 0.25) is 0 Å². The molecule has 0 unspecified atom stereocenters. The van der Waals surface area contributed by atoms with E-state index in [1.165, 1.54) is 0 Å². The van der Waals surface area contributed by atoms with E-state index in [1.807, 2.05) is 42.5 Å². The van der Waals surface area contributed by atoms with Crippen molar-refractivity contribution in [2.75, 3.05) is 27.4 Å². The highest BCUT2D eigenvalue weighted by molar-refractivity contribution is 5.93. The van der Waals surface area contributed by atoms with Gasteiger partial charge in [-0.25, -0.2) is 0 Å². The maximum atomic E-state index is 12.2.